The Morgan fingerprint density at radius 1 is 1.28 bits per heavy atom. The average Bonchev–Trinajstić information content (AvgIpc) is 3.49. The van der Waals surface area contributed by atoms with Gasteiger partial charge in [0.05, 0.1) is 41.0 Å². The quantitative estimate of drug-likeness (QED) is 0.800. The molecule has 4 rings (SSSR count). The number of nitrogens with two attached hydrogens (primary N) is 1. The van der Waals surface area contributed by atoms with Crippen LogP contribution >= 0.6 is 11.8 Å². The molecule has 1 aliphatic heterocycles. The van der Waals surface area contributed by atoms with Crippen molar-refractivity contribution in [2.24, 2.45) is 0 Å². The van der Waals surface area contributed by atoms with Crippen LogP contribution in [0.4, 0.5) is 24.9 Å². The van der Waals surface area contributed by atoms with Gasteiger partial charge in [-0.2, -0.15) is 24.9 Å². The van der Waals surface area contributed by atoms with Crippen molar-refractivity contribution in [2.75, 3.05) is 36.6 Å². The molecular formula is C19H22F3N5OS. The van der Waals surface area contributed by atoms with E-state index in [0.717, 1.165) is 30.8 Å². The Morgan fingerprint density at radius 2 is 2.03 bits per heavy atom. The predicted molar refractivity (Wildman–Crippen MR) is 107 cm³/mol. The lowest BCUT2D eigenvalue weighted by Crippen LogP contribution is -2.44. The number of ether oxygens (including phenoxy) is 1. The monoisotopic (exact) mass is 425 g/mol. The minimum Gasteiger partial charge on any atom is -0.384 e. The van der Waals surface area contributed by atoms with E-state index in [1.165, 1.54) is 0 Å². The van der Waals surface area contributed by atoms with E-state index in [9.17, 15) is 13.2 Å². The van der Waals surface area contributed by atoms with Crippen molar-refractivity contribution in [3.8, 4) is 11.3 Å². The number of anilines is 2. The molecule has 0 amide bonds. The first-order chi connectivity index (χ1) is 13.7. The van der Waals surface area contributed by atoms with Crippen molar-refractivity contribution in [2.45, 2.75) is 36.7 Å². The molecule has 2 aliphatic rings. The Hall–Kier alpha value is -2.07. The lowest BCUT2D eigenvalue weighted by Gasteiger charge is -2.34. The molecule has 2 aromatic rings. The fourth-order valence-corrected chi connectivity index (χ4v) is 4.37. The summed E-state index contributed by atoms with van der Waals surface area (Å²) >= 11 is 1.67. The molecule has 0 radical (unpaired) electrons. The minimum absolute atomic E-state index is 0.0305. The zero-order valence-electron chi connectivity index (χ0n) is 16.2. The number of hydrogen-bond donors (Lipinski definition) is 1. The third kappa shape index (κ3) is 3.87. The van der Waals surface area contributed by atoms with Gasteiger partial charge < -0.3 is 15.4 Å². The second-order valence-electron chi connectivity index (χ2n) is 7.41. The fraction of sp³-hybridized carbons (Fsp3) is 0.526. The van der Waals surface area contributed by atoms with E-state index in [2.05, 4.69) is 9.97 Å². The Bertz CT molecular complexity index is 919. The fourth-order valence-electron chi connectivity index (χ4n) is 3.55. The molecule has 1 atom stereocenters. The summed E-state index contributed by atoms with van der Waals surface area (Å²) < 4.78 is 46.4. The third-order valence-electron chi connectivity index (χ3n) is 5.41. The van der Waals surface area contributed by atoms with E-state index < -0.39 is 11.7 Å². The summed E-state index contributed by atoms with van der Waals surface area (Å²) in [5.41, 5.74) is 5.57. The van der Waals surface area contributed by atoms with Crippen LogP contribution in [0.5, 0.6) is 0 Å². The van der Waals surface area contributed by atoms with E-state index in [-0.39, 0.29) is 27.9 Å². The maximum absolute atomic E-state index is 13.7. The normalized spacial score (nSPS) is 21.3. The number of nitrogen functional groups attached to an aromatic ring is 1. The van der Waals surface area contributed by atoms with Crippen molar-refractivity contribution in [3.63, 3.8) is 0 Å². The van der Waals surface area contributed by atoms with Crippen LogP contribution in [-0.4, -0.2) is 47.0 Å². The van der Waals surface area contributed by atoms with E-state index >= 15 is 0 Å². The predicted octanol–water partition coefficient (Wildman–Crippen LogP) is 3.72. The number of alkyl halides is 3. The summed E-state index contributed by atoms with van der Waals surface area (Å²) in [4.78, 5) is 15.2. The van der Waals surface area contributed by atoms with Gasteiger partial charge in [-0.1, -0.05) is 0 Å². The summed E-state index contributed by atoms with van der Waals surface area (Å²) in [6.07, 6.45) is 0.456. The van der Waals surface area contributed by atoms with Gasteiger partial charge in [-0.05, 0) is 38.2 Å². The molecule has 3 heterocycles. The number of nitrogens with zero attached hydrogens (tertiary/aromatic N) is 4. The van der Waals surface area contributed by atoms with E-state index in [4.69, 9.17) is 15.5 Å². The van der Waals surface area contributed by atoms with Crippen LogP contribution in [0.3, 0.4) is 0 Å². The molecule has 156 valence electrons. The highest BCUT2D eigenvalue weighted by atomic mass is 32.2. The molecule has 2 fully saturated rings. The molecule has 2 aromatic heterocycles. The largest absolute Gasteiger partial charge is 0.417 e. The first-order valence-electron chi connectivity index (χ1n) is 9.36. The Kier molecular flexibility index (Phi) is 5.10. The van der Waals surface area contributed by atoms with Crippen molar-refractivity contribution < 1.29 is 17.9 Å². The number of pyridine rings is 1. The Balaban J connectivity index is 1.88. The van der Waals surface area contributed by atoms with Crippen molar-refractivity contribution in [3.05, 3.63) is 29.6 Å². The van der Waals surface area contributed by atoms with Crippen molar-refractivity contribution in [1.82, 2.24) is 15.0 Å². The van der Waals surface area contributed by atoms with Gasteiger partial charge >= 0.3 is 6.18 Å². The van der Waals surface area contributed by atoms with Gasteiger partial charge in [0, 0.05) is 18.3 Å². The number of halogens is 3. The molecule has 1 saturated heterocycles. The first-order valence-corrected chi connectivity index (χ1v) is 10.6. The highest BCUT2D eigenvalue weighted by Gasteiger charge is 2.46. The smallest absolute Gasteiger partial charge is 0.384 e. The molecule has 6 nitrogen and oxygen atoms in total. The maximum Gasteiger partial charge on any atom is 0.417 e. The van der Waals surface area contributed by atoms with Gasteiger partial charge in [-0.25, -0.2) is 15.0 Å². The lowest BCUT2D eigenvalue weighted by atomic mass is 10.0. The molecule has 29 heavy (non-hydrogen) atoms. The van der Waals surface area contributed by atoms with Crippen molar-refractivity contribution >= 4 is 23.5 Å². The van der Waals surface area contributed by atoms with E-state index in [0.29, 0.717) is 25.7 Å². The van der Waals surface area contributed by atoms with Crippen LogP contribution in [0.25, 0.3) is 11.3 Å². The number of hydrogen-bond acceptors (Lipinski definition) is 7. The van der Waals surface area contributed by atoms with Gasteiger partial charge in [-0.3, -0.25) is 0 Å². The van der Waals surface area contributed by atoms with Gasteiger partial charge in [-0.15, -0.1) is 0 Å². The van der Waals surface area contributed by atoms with Gasteiger partial charge in [0.15, 0.2) is 0 Å². The standard InChI is InChI=1S/C19H22F3N5OS/c1-11-10-28-6-5-27(11)17-25-14(8-15(26-17)18(29-2)3-4-18)12-9-24-16(23)7-13(12)19(20,21)22/h7-9,11H,3-6,10H2,1-2H3,(H2,23,24). The van der Waals surface area contributed by atoms with E-state index in [1.54, 1.807) is 17.8 Å². The Morgan fingerprint density at radius 3 is 2.66 bits per heavy atom. The third-order valence-corrected chi connectivity index (χ3v) is 6.81. The molecular weight excluding hydrogens is 403 g/mol. The van der Waals surface area contributed by atoms with Crippen LogP contribution in [-0.2, 0) is 15.7 Å². The zero-order chi connectivity index (χ0) is 20.8. The molecule has 0 spiro atoms. The second-order valence-corrected chi connectivity index (χ2v) is 8.60. The lowest BCUT2D eigenvalue weighted by molar-refractivity contribution is -0.137. The SMILES string of the molecule is CSC1(c2cc(-c3cnc(N)cc3C(F)(F)F)nc(N3CCOCC3C)n2)CC1. The molecule has 0 aromatic carbocycles. The van der Waals surface area contributed by atoms with E-state index in [1.807, 2.05) is 18.1 Å². The molecule has 10 heteroatoms. The topological polar surface area (TPSA) is 77.2 Å². The highest BCUT2D eigenvalue weighted by Crippen LogP contribution is 2.56. The summed E-state index contributed by atoms with van der Waals surface area (Å²) in [7, 11) is 0. The summed E-state index contributed by atoms with van der Waals surface area (Å²) in [6.45, 7) is 3.62. The van der Waals surface area contributed by atoms with Crippen molar-refractivity contribution in [1.29, 1.82) is 0 Å². The minimum atomic E-state index is -4.57. The number of rotatable bonds is 4. The number of morpholine rings is 1. The molecule has 1 unspecified atom stereocenters. The summed E-state index contributed by atoms with van der Waals surface area (Å²) in [6, 6.07) is 2.55. The highest BCUT2D eigenvalue weighted by molar-refractivity contribution is 7.99. The first kappa shape index (κ1) is 20.2. The average molecular weight is 425 g/mol. The summed E-state index contributed by atoms with van der Waals surface area (Å²) in [5.74, 6) is 0.249. The van der Waals surface area contributed by atoms with Gasteiger partial charge in [0.2, 0.25) is 5.95 Å². The van der Waals surface area contributed by atoms with Crippen LogP contribution < -0.4 is 10.6 Å². The Labute approximate surface area is 171 Å². The molecule has 0 bridgehead atoms. The zero-order valence-corrected chi connectivity index (χ0v) is 17.0. The maximum atomic E-state index is 13.7. The molecule has 1 aliphatic carbocycles. The van der Waals surface area contributed by atoms with Crippen LogP contribution in [0.2, 0.25) is 0 Å². The van der Waals surface area contributed by atoms with Crippen LogP contribution in [0.1, 0.15) is 31.0 Å². The second kappa shape index (κ2) is 7.32. The van der Waals surface area contributed by atoms with Gasteiger partial charge in [0.25, 0.3) is 0 Å². The molecule has 1 saturated carbocycles. The molecule has 2 N–H and O–H groups in total. The van der Waals surface area contributed by atoms with Crippen LogP contribution in [0.15, 0.2) is 18.3 Å². The van der Waals surface area contributed by atoms with Crippen LogP contribution in [0, 0.1) is 0 Å². The number of thioether (sulfide) groups is 1. The number of aromatic nitrogens is 3. The van der Waals surface area contributed by atoms with Gasteiger partial charge in [0.1, 0.15) is 5.82 Å². The summed E-state index contributed by atoms with van der Waals surface area (Å²) in [5, 5.41) is 0.